The van der Waals surface area contributed by atoms with Gasteiger partial charge in [0.25, 0.3) is 0 Å². The molecule has 0 spiro atoms. The standard InChI is InChI=1S/C21H23N3O2/c1-14-10-16(12-19(11-14)23-17-4-2-3-5-17)20(21(25)26)24-18-8-6-15(13-22)7-9-18/h6-12,17,20,23-24H,2-5H2,1H3,(H,25,26)/p-1. The second-order valence-corrected chi connectivity index (χ2v) is 6.84. The summed E-state index contributed by atoms with van der Waals surface area (Å²) < 4.78 is 0. The fraction of sp³-hybridized carbons (Fsp3) is 0.333. The number of nitrogens with zero attached hydrogens (tertiary/aromatic N) is 1. The Labute approximate surface area is 153 Å². The van der Waals surface area contributed by atoms with Crippen LogP contribution in [-0.2, 0) is 4.79 Å². The van der Waals surface area contributed by atoms with E-state index in [0.29, 0.717) is 22.9 Å². The van der Waals surface area contributed by atoms with Crippen LogP contribution >= 0.6 is 0 Å². The van der Waals surface area contributed by atoms with Crippen molar-refractivity contribution in [3.63, 3.8) is 0 Å². The predicted octanol–water partition coefficient (Wildman–Crippen LogP) is 3.12. The van der Waals surface area contributed by atoms with Gasteiger partial charge in [0.1, 0.15) is 0 Å². The summed E-state index contributed by atoms with van der Waals surface area (Å²) in [6.45, 7) is 1.96. The number of benzene rings is 2. The van der Waals surface area contributed by atoms with Gasteiger partial charge in [-0.15, -0.1) is 0 Å². The van der Waals surface area contributed by atoms with Gasteiger partial charge in [-0.3, -0.25) is 0 Å². The Kier molecular flexibility index (Phi) is 5.43. The number of rotatable bonds is 6. The zero-order valence-corrected chi connectivity index (χ0v) is 14.8. The van der Waals surface area contributed by atoms with Gasteiger partial charge in [-0.25, -0.2) is 0 Å². The van der Waals surface area contributed by atoms with Crippen LogP contribution in [-0.4, -0.2) is 12.0 Å². The third-order valence-electron chi connectivity index (χ3n) is 4.72. The van der Waals surface area contributed by atoms with Gasteiger partial charge in [-0.1, -0.05) is 18.9 Å². The minimum Gasteiger partial charge on any atom is -0.548 e. The molecular formula is C21H22N3O2-. The van der Waals surface area contributed by atoms with Crippen molar-refractivity contribution in [3.05, 3.63) is 59.2 Å². The van der Waals surface area contributed by atoms with E-state index in [9.17, 15) is 9.90 Å². The number of aliphatic carboxylic acids is 1. The van der Waals surface area contributed by atoms with Crippen LogP contribution in [0.1, 0.15) is 48.4 Å². The maximum Gasteiger partial charge on any atom is 0.0991 e. The zero-order valence-electron chi connectivity index (χ0n) is 14.8. The highest BCUT2D eigenvalue weighted by Crippen LogP contribution is 2.27. The highest BCUT2D eigenvalue weighted by Gasteiger charge is 2.17. The molecule has 1 aliphatic rings. The maximum absolute atomic E-state index is 11.7. The molecule has 0 saturated heterocycles. The first-order valence-corrected chi connectivity index (χ1v) is 8.91. The fourth-order valence-corrected chi connectivity index (χ4v) is 3.45. The summed E-state index contributed by atoms with van der Waals surface area (Å²) in [5, 5.41) is 27.1. The molecule has 5 heteroatoms. The fourth-order valence-electron chi connectivity index (χ4n) is 3.45. The second-order valence-electron chi connectivity index (χ2n) is 6.84. The lowest BCUT2D eigenvalue weighted by atomic mass is 10.0. The normalized spacial score (nSPS) is 15.2. The molecule has 1 fully saturated rings. The molecule has 3 rings (SSSR count). The van der Waals surface area contributed by atoms with E-state index in [0.717, 1.165) is 24.1 Å². The monoisotopic (exact) mass is 348 g/mol. The summed E-state index contributed by atoms with van der Waals surface area (Å²) in [5.41, 5.74) is 3.75. The van der Waals surface area contributed by atoms with Crippen LogP contribution < -0.4 is 15.7 Å². The first-order chi connectivity index (χ1) is 12.5. The molecule has 5 nitrogen and oxygen atoms in total. The predicted molar refractivity (Wildman–Crippen MR) is 99.6 cm³/mol. The van der Waals surface area contributed by atoms with E-state index in [-0.39, 0.29) is 0 Å². The molecule has 0 aromatic heterocycles. The molecule has 26 heavy (non-hydrogen) atoms. The molecule has 0 bridgehead atoms. The Bertz CT molecular complexity index is 818. The van der Waals surface area contributed by atoms with Crippen molar-refractivity contribution >= 4 is 17.3 Å². The zero-order chi connectivity index (χ0) is 18.5. The summed E-state index contributed by atoms with van der Waals surface area (Å²) in [5.74, 6) is -1.19. The summed E-state index contributed by atoms with van der Waals surface area (Å²) in [6.07, 6.45) is 4.77. The number of carboxylic acids is 1. The van der Waals surface area contributed by atoms with Crippen LogP contribution in [0.15, 0.2) is 42.5 Å². The highest BCUT2D eigenvalue weighted by molar-refractivity contribution is 5.78. The number of hydrogen-bond acceptors (Lipinski definition) is 5. The van der Waals surface area contributed by atoms with E-state index in [1.165, 1.54) is 12.8 Å². The van der Waals surface area contributed by atoms with Gasteiger partial charge in [0.2, 0.25) is 0 Å². The molecule has 1 saturated carbocycles. The van der Waals surface area contributed by atoms with Crippen LogP contribution in [0.25, 0.3) is 0 Å². The number of nitrogens with one attached hydrogen (secondary N) is 2. The van der Waals surface area contributed by atoms with Gasteiger partial charge in [0.15, 0.2) is 0 Å². The van der Waals surface area contributed by atoms with Gasteiger partial charge in [-0.05, 0) is 67.3 Å². The van der Waals surface area contributed by atoms with Crippen molar-refractivity contribution in [1.82, 2.24) is 0 Å². The molecular weight excluding hydrogens is 326 g/mol. The van der Waals surface area contributed by atoms with Crippen molar-refractivity contribution in [1.29, 1.82) is 5.26 Å². The summed E-state index contributed by atoms with van der Waals surface area (Å²) in [6, 6.07) is 14.0. The summed E-state index contributed by atoms with van der Waals surface area (Å²) in [7, 11) is 0. The van der Waals surface area contributed by atoms with Crippen molar-refractivity contribution in [2.45, 2.75) is 44.7 Å². The molecule has 134 valence electrons. The topological polar surface area (TPSA) is 88.0 Å². The van der Waals surface area contributed by atoms with E-state index < -0.39 is 12.0 Å². The van der Waals surface area contributed by atoms with Crippen molar-refractivity contribution < 1.29 is 9.90 Å². The van der Waals surface area contributed by atoms with Crippen molar-refractivity contribution in [3.8, 4) is 6.07 Å². The largest absolute Gasteiger partial charge is 0.548 e. The van der Waals surface area contributed by atoms with E-state index in [2.05, 4.69) is 10.6 Å². The third kappa shape index (κ3) is 4.34. The van der Waals surface area contributed by atoms with Gasteiger partial charge in [0.05, 0.1) is 23.6 Å². The lowest BCUT2D eigenvalue weighted by molar-refractivity contribution is -0.307. The summed E-state index contributed by atoms with van der Waals surface area (Å²) in [4.78, 5) is 11.7. The van der Waals surface area contributed by atoms with Gasteiger partial charge >= 0.3 is 0 Å². The van der Waals surface area contributed by atoms with Gasteiger partial charge in [0, 0.05) is 17.4 Å². The molecule has 0 radical (unpaired) electrons. The Balaban J connectivity index is 1.83. The van der Waals surface area contributed by atoms with Crippen LogP contribution in [0.3, 0.4) is 0 Å². The number of anilines is 2. The minimum absolute atomic E-state index is 0.456. The van der Waals surface area contributed by atoms with Crippen LogP contribution in [0.5, 0.6) is 0 Å². The van der Waals surface area contributed by atoms with E-state index in [1.807, 2.05) is 31.2 Å². The molecule has 0 amide bonds. The quantitative estimate of drug-likeness (QED) is 0.837. The van der Waals surface area contributed by atoms with Gasteiger partial charge in [-0.2, -0.15) is 5.26 Å². The van der Waals surface area contributed by atoms with Crippen LogP contribution in [0, 0.1) is 18.3 Å². The lowest BCUT2D eigenvalue weighted by Gasteiger charge is -2.23. The summed E-state index contributed by atoms with van der Waals surface area (Å²) >= 11 is 0. The number of carboxylic acid groups (broad SMARTS) is 1. The van der Waals surface area contributed by atoms with E-state index >= 15 is 0 Å². The average Bonchev–Trinajstić information content (AvgIpc) is 3.12. The minimum atomic E-state index is -1.19. The highest BCUT2D eigenvalue weighted by atomic mass is 16.4. The second kappa shape index (κ2) is 7.92. The van der Waals surface area contributed by atoms with E-state index in [4.69, 9.17) is 5.26 Å². The number of nitriles is 1. The molecule has 1 aliphatic carbocycles. The van der Waals surface area contributed by atoms with Crippen LogP contribution in [0.2, 0.25) is 0 Å². The number of carbonyl (C=O) groups is 1. The average molecular weight is 348 g/mol. The molecule has 1 unspecified atom stereocenters. The molecule has 0 aliphatic heterocycles. The lowest BCUT2D eigenvalue weighted by Crippen LogP contribution is -2.34. The van der Waals surface area contributed by atoms with Crippen LogP contribution in [0.4, 0.5) is 11.4 Å². The Morgan fingerprint density at radius 3 is 2.46 bits per heavy atom. The molecule has 1 atom stereocenters. The molecule has 2 N–H and O–H groups in total. The SMILES string of the molecule is Cc1cc(NC2CCCC2)cc(C(Nc2ccc(C#N)cc2)C(=O)[O-])c1. The Morgan fingerprint density at radius 2 is 1.85 bits per heavy atom. The Hall–Kier alpha value is -3.00. The van der Waals surface area contributed by atoms with Crippen molar-refractivity contribution in [2.24, 2.45) is 0 Å². The third-order valence-corrected chi connectivity index (χ3v) is 4.72. The number of hydrogen-bond donors (Lipinski definition) is 2. The molecule has 0 heterocycles. The smallest absolute Gasteiger partial charge is 0.0991 e. The first kappa shape index (κ1) is 17.8. The Morgan fingerprint density at radius 1 is 1.15 bits per heavy atom. The van der Waals surface area contributed by atoms with E-state index in [1.54, 1.807) is 24.3 Å². The molecule has 2 aromatic rings. The maximum atomic E-state index is 11.7. The first-order valence-electron chi connectivity index (χ1n) is 8.91. The van der Waals surface area contributed by atoms with Crippen molar-refractivity contribution in [2.75, 3.05) is 10.6 Å². The number of aryl methyl sites for hydroxylation is 1. The molecule has 2 aromatic carbocycles. The van der Waals surface area contributed by atoms with Gasteiger partial charge < -0.3 is 20.5 Å². The number of carbonyl (C=O) groups excluding carboxylic acids is 1.